The summed E-state index contributed by atoms with van der Waals surface area (Å²) >= 11 is 0. The number of amides is 2. The van der Waals surface area contributed by atoms with E-state index in [0.29, 0.717) is 39.0 Å². The quantitative estimate of drug-likeness (QED) is 0.282. The molecular formula is C12H26N4O2S2. The summed E-state index contributed by atoms with van der Waals surface area (Å²) < 4.78 is 0. The van der Waals surface area contributed by atoms with Crippen molar-refractivity contribution in [2.24, 2.45) is 11.5 Å². The van der Waals surface area contributed by atoms with Gasteiger partial charge in [0.1, 0.15) is 0 Å². The zero-order valence-electron chi connectivity index (χ0n) is 11.9. The molecule has 0 spiro atoms. The number of carbonyl (C=O) groups excluding carboxylic acids is 2. The van der Waals surface area contributed by atoms with Crippen LogP contribution in [0.2, 0.25) is 0 Å². The van der Waals surface area contributed by atoms with Gasteiger partial charge in [-0.05, 0) is 12.8 Å². The highest BCUT2D eigenvalue weighted by atomic mass is 33.1. The van der Waals surface area contributed by atoms with Gasteiger partial charge in [-0.2, -0.15) is 0 Å². The van der Waals surface area contributed by atoms with E-state index in [9.17, 15) is 9.59 Å². The monoisotopic (exact) mass is 322 g/mol. The Morgan fingerprint density at radius 3 is 1.55 bits per heavy atom. The first-order valence-corrected chi connectivity index (χ1v) is 9.37. The van der Waals surface area contributed by atoms with Crippen LogP contribution >= 0.6 is 21.6 Å². The number of nitrogens with one attached hydrogen (secondary N) is 2. The Hall–Kier alpha value is -0.440. The normalized spacial score (nSPS) is 10.3. The lowest BCUT2D eigenvalue weighted by atomic mass is 10.4. The van der Waals surface area contributed by atoms with Crippen LogP contribution in [0.4, 0.5) is 0 Å². The second kappa shape index (κ2) is 15.0. The Bertz CT molecular complexity index is 242. The van der Waals surface area contributed by atoms with Crippen LogP contribution in [0.3, 0.4) is 0 Å². The fourth-order valence-electron chi connectivity index (χ4n) is 1.27. The van der Waals surface area contributed by atoms with Crippen LogP contribution in [-0.2, 0) is 9.59 Å². The molecule has 0 radical (unpaired) electrons. The molecule has 0 aliphatic heterocycles. The molecule has 0 rings (SSSR count). The van der Waals surface area contributed by atoms with Gasteiger partial charge < -0.3 is 22.1 Å². The Morgan fingerprint density at radius 1 is 0.800 bits per heavy atom. The van der Waals surface area contributed by atoms with Gasteiger partial charge >= 0.3 is 0 Å². The van der Waals surface area contributed by atoms with Gasteiger partial charge in [0, 0.05) is 50.5 Å². The molecule has 0 aromatic heterocycles. The molecule has 0 aliphatic rings. The van der Waals surface area contributed by atoms with E-state index >= 15 is 0 Å². The number of carbonyl (C=O) groups is 2. The van der Waals surface area contributed by atoms with Crippen LogP contribution in [0.5, 0.6) is 0 Å². The predicted molar refractivity (Wildman–Crippen MR) is 87.5 cm³/mol. The van der Waals surface area contributed by atoms with Gasteiger partial charge in [-0.25, -0.2) is 0 Å². The summed E-state index contributed by atoms with van der Waals surface area (Å²) in [6.07, 6.45) is 2.72. The molecule has 0 aromatic carbocycles. The van der Waals surface area contributed by atoms with Crippen molar-refractivity contribution >= 4 is 33.4 Å². The number of nitrogens with two attached hydrogens (primary N) is 2. The van der Waals surface area contributed by atoms with Crippen LogP contribution in [0, 0.1) is 0 Å². The van der Waals surface area contributed by atoms with Gasteiger partial charge in [0.15, 0.2) is 0 Å². The minimum absolute atomic E-state index is 0.0263. The summed E-state index contributed by atoms with van der Waals surface area (Å²) in [6, 6.07) is 0. The molecule has 8 heteroatoms. The third-order valence-electron chi connectivity index (χ3n) is 2.28. The maximum atomic E-state index is 11.1. The fraction of sp³-hybridized carbons (Fsp3) is 0.833. The van der Waals surface area contributed by atoms with Crippen molar-refractivity contribution in [1.29, 1.82) is 0 Å². The van der Waals surface area contributed by atoms with Gasteiger partial charge in [0.2, 0.25) is 11.8 Å². The fourth-order valence-corrected chi connectivity index (χ4v) is 3.45. The largest absolute Gasteiger partial charge is 0.356 e. The maximum Gasteiger partial charge on any atom is 0.221 e. The molecule has 20 heavy (non-hydrogen) atoms. The number of hydrogen-bond acceptors (Lipinski definition) is 6. The van der Waals surface area contributed by atoms with E-state index in [1.807, 2.05) is 0 Å². The summed E-state index contributed by atoms with van der Waals surface area (Å²) in [4.78, 5) is 22.2. The minimum atomic E-state index is 0.0263. The summed E-state index contributed by atoms with van der Waals surface area (Å²) in [5.41, 5.74) is 10.5. The first-order chi connectivity index (χ1) is 9.70. The first kappa shape index (κ1) is 19.6. The van der Waals surface area contributed by atoms with Crippen molar-refractivity contribution in [2.75, 3.05) is 37.7 Å². The van der Waals surface area contributed by atoms with Crippen LogP contribution in [-0.4, -0.2) is 49.5 Å². The van der Waals surface area contributed by atoms with Gasteiger partial charge in [-0.15, -0.1) is 0 Å². The molecular weight excluding hydrogens is 296 g/mol. The van der Waals surface area contributed by atoms with E-state index in [1.165, 1.54) is 0 Å². The third kappa shape index (κ3) is 14.0. The van der Waals surface area contributed by atoms with Gasteiger partial charge in [-0.1, -0.05) is 21.6 Å². The van der Waals surface area contributed by atoms with E-state index < -0.39 is 0 Å². The van der Waals surface area contributed by atoms with Crippen LogP contribution in [0.15, 0.2) is 0 Å². The van der Waals surface area contributed by atoms with E-state index in [2.05, 4.69) is 10.6 Å². The summed E-state index contributed by atoms with van der Waals surface area (Å²) in [6.45, 7) is 2.22. The van der Waals surface area contributed by atoms with Crippen LogP contribution in [0.25, 0.3) is 0 Å². The molecule has 0 bridgehead atoms. The zero-order chi connectivity index (χ0) is 15.1. The second-order valence-corrected chi connectivity index (χ2v) is 6.83. The van der Waals surface area contributed by atoms with Gasteiger partial charge in [0.25, 0.3) is 0 Å². The van der Waals surface area contributed by atoms with Crippen molar-refractivity contribution in [2.45, 2.75) is 25.7 Å². The average molecular weight is 323 g/mol. The molecule has 6 nitrogen and oxygen atoms in total. The Balaban J connectivity index is 3.13. The SMILES string of the molecule is NCCC(=O)NCCCSSCCCNC(=O)CCN. The van der Waals surface area contributed by atoms with Crippen molar-refractivity contribution < 1.29 is 9.59 Å². The molecule has 0 unspecified atom stereocenters. The Labute approximate surface area is 129 Å². The Morgan fingerprint density at radius 2 is 1.20 bits per heavy atom. The molecule has 2 amide bonds. The molecule has 0 saturated carbocycles. The highest BCUT2D eigenvalue weighted by Gasteiger charge is 1.99. The lowest BCUT2D eigenvalue weighted by molar-refractivity contribution is -0.121. The first-order valence-electron chi connectivity index (χ1n) is 6.88. The van der Waals surface area contributed by atoms with Crippen LogP contribution < -0.4 is 22.1 Å². The summed E-state index contributed by atoms with van der Waals surface area (Å²) in [7, 11) is 3.59. The molecule has 0 aliphatic carbocycles. The highest BCUT2D eigenvalue weighted by molar-refractivity contribution is 8.76. The van der Waals surface area contributed by atoms with E-state index in [4.69, 9.17) is 11.5 Å². The molecule has 0 aromatic rings. The number of rotatable bonds is 13. The standard InChI is InChI=1S/C12H26N4O2S2/c13-5-3-11(17)15-7-1-9-19-20-10-2-8-16-12(18)4-6-14/h1-10,13-14H2,(H,15,17)(H,16,18). The number of hydrogen-bond donors (Lipinski definition) is 4. The summed E-state index contributed by atoms with van der Waals surface area (Å²) in [5.74, 6) is 2.07. The average Bonchev–Trinajstić information content (AvgIpc) is 2.41. The van der Waals surface area contributed by atoms with Crippen molar-refractivity contribution in [1.82, 2.24) is 10.6 Å². The van der Waals surface area contributed by atoms with Crippen molar-refractivity contribution in [3.8, 4) is 0 Å². The van der Waals surface area contributed by atoms with Crippen LogP contribution in [0.1, 0.15) is 25.7 Å². The molecule has 0 heterocycles. The lowest BCUT2D eigenvalue weighted by Crippen LogP contribution is -2.26. The van der Waals surface area contributed by atoms with Gasteiger partial charge in [-0.3, -0.25) is 9.59 Å². The molecule has 118 valence electrons. The molecule has 0 atom stereocenters. The highest BCUT2D eigenvalue weighted by Crippen LogP contribution is 2.22. The Kier molecular flexibility index (Phi) is 14.6. The van der Waals surface area contributed by atoms with Gasteiger partial charge in [0.05, 0.1) is 0 Å². The van der Waals surface area contributed by atoms with Crippen molar-refractivity contribution in [3.63, 3.8) is 0 Å². The zero-order valence-corrected chi connectivity index (χ0v) is 13.5. The predicted octanol–water partition coefficient (Wildman–Crippen LogP) is 0.0780. The molecule has 6 N–H and O–H groups in total. The summed E-state index contributed by atoms with van der Waals surface area (Å²) in [5, 5.41) is 5.64. The molecule has 0 fully saturated rings. The minimum Gasteiger partial charge on any atom is -0.356 e. The smallest absolute Gasteiger partial charge is 0.221 e. The van der Waals surface area contributed by atoms with E-state index in [-0.39, 0.29) is 11.8 Å². The topological polar surface area (TPSA) is 110 Å². The van der Waals surface area contributed by atoms with E-state index in [1.54, 1.807) is 21.6 Å². The van der Waals surface area contributed by atoms with E-state index in [0.717, 1.165) is 24.3 Å². The molecule has 0 saturated heterocycles. The maximum absolute atomic E-state index is 11.1. The third-order valence-corrected chi connectivity index (χ3v) is 4.86. The second-order valence-electron chi connectivity index (χ2n) is 4.13. The lowest BCUT2D eigenvalue weighted by Gasteiger charge is -2.05. The van der Waals surface area contributed by atoms with Crippen molar-refractivity contribution in [3.05, 3.63) is 0 Å².